The number of ether oxygens (including phenoxy) is 1. The number of carboxylic acids is 1. The molecule has 1 aliphatic rings. The second-order valence-corrected chi connectivity index (χ2v) is 8.08. The summed E-state index contributed by atoms with van der Waals surface area (Å²) in [7, 11) is 0. The Hall–Kier alpha value is -0.340. The number of halogens is 2. The highest BCUT2D eigenvalue weighted by Gasteiger charge is 2.54. The molecule has 6 atom stereocenters. The monoisotopic (exact) mass is 465 g/mol. The van der Waals surface area contributed by atoms with Crippen LogP contribution in [-0.2, 0) is 14.3 Å². The van der Waals surface area contributed by atoms with Crippen LogP contribution in [0.3, 0.4) is 0 Å². The zero-order valence-electron chi connectivity index (χ0n) is 11.5. The van der Waals surface area contributed by atoms with E-state index in [0.717, 1.165) is 0 Å². The number of amides is 1. The summed E-state index contributed by atoms with van der Waals surface area (Å²) < 4.78 is 4.07. The van der Waals surface area contributed by atoms with E-state index in [1.807, 2.05) is 0 Å². The van der Waals surface area contributed by atoms with Crippen LogP contribution in [-0.4, -0.2) is 89.1 Å². The van der Waals surface area contributed by atoms with Crippen molar-refractivity contribution in [3.8, 4) is 0 Å². The average Bonchev–Trinajstić information content (AvgIpc) is 2.47. The molecule has 0 aliphatic carbocycles. The third-order valence-corrected chi connectivity index (χ3v) is 4.18. The number of hydrogen-bond acceptors (Lipinski definition) is 8. The van der Waals surface area contributed by atoms with Gasteiger partial charge in [-0.25, -0.2) is 4.79 Å². The minimum atomic E-state index is -2.82. The Balaban J connectivity index is 3.09. The Morgan fingerprint density at radius 2 is 1.91 bits per heavy atom. The van der Waals surface area contributed by atoms with Crippen molar-refractivity contribution in [3.63, 3.8) is 0 Å². The number of carbonyl (C=O) groups excluding carboxylic acids is 1. The number of carboxylic acid groups (broad SMARTS) is 1. The normalized spacial score (nSPS) is 34.0. The van der Waals surface area contributed by atoms with Crippen molar-refractivity contribution in [3.05, 3.63) is 0 Å². The number of aliphatic carboxylic acids is 1. The number of carbonyl (C=O) groups is 2. The molecule has 0 saturated carbocycles. The van der Waals surface area contributed by atoms with E-state index in [-0.39, 0.29) is 0 Å². The topological polar surface area (TPSA) is 177 Å². The zero-order valence-corrected chi connectivity index (χ0v) is 14.7. The number of nitrogens with one attached hydrogen (secondary N) is 1. The van der Waals surface area contributed by atoms with Gasteiger partial charge in [-0.05, 0) is 0 Å². The van der Waals surface area contributed by atoms with E-state index in [9.17, 15) is 30.0 Å². The van der Waals surface area contributed by atoms with E-state index in [1.54, 1.807) is 0 Å². The number of hydrogen-bond donors (Lipinski definition) is 7. The molecule has 1 amide bonds. The van der Waals surface area contributed by atoms with Gasteiger partial charge in [-0.15, -0.1) is 0 Å². The van der Waals surface area contributed by atoms with E-state index in [1.165, 1.54) is 0 Å². The van der Waals surface area contributed by atoms with Crippen LogP contribution in [0.5, 0.6) is 0 Å². The first-order valence-corrected chi connectivity index (χ1v) is 8.23. The highest BCUT2D eigenvalue weighted by molar-refractivity contribution is 9.25. The van der Waals surface area contributed by atoms with Crippen LogP contribution in [0, 0.1) is 0 Å². The van der Waals surface area contributed by atoms with Crippen molar-refractivity contribution in [2.45, 2.75) is 46.4 Å². The van der Waals surface area contributed by atoms with Crippen LogP contribution in [0.25, 0.3) is 0 Å². The number of aliphatic hydroxyl groups excluding tert-OH is 4. The fraction of sp³-hybridized carbons (Fsp3) is 0.818. The van der Waals surface area contributed by atoms with Gasteiger partial charge in [-0.1, -0.05) is 31.9 Å². The van der Waals surface area contributed by atoms with Crippen molar-refractivity contribution < 1.29 is 45.0 Å². The number of alkyl halides is 2. The van der Waals surface area contributed by atoms with Crippen molar-refractivity contribution in [2.75, 3.05) is 6.61 Å². The maximum absolute atomic E-state index is 11.7. The quantitative estimate of drug-likeness (QED) is 0.204. The lowest BCUT2D eigenvalue weighted by Crippen LogP contribution is -2.67. The Kier molecular flexibility index (Phi) is 7.35. The fourth-order valence-electron chi connectivity index (χ4n) is 2.13. The third-order valence-electron chi connectivity index (χ3n) is 3.34. The Bertz CT molecular complexity index is 451. The van der Waals surface area contributed by atoms with Gasteiger partial charge in [0.05, 0.1) is 18.8 Å². The maximum Gasteiger partial charge on any atom is 0.364 e. The van der Waals surface area contributed by atoms with Gasteiger partial charge in [0, 0.05) is 6.42 Å². The van der Waals surface area contributed by atoms with Crippen molar-refractivity contribution >= 4 is 43.7 Å². The standard InChI is InChI=1S/C11H17Br2NO9/c12-8(13)9(19)14-5-3(16)1-11(22,10(20)21)23-7(5)6(18)4(17)2-15/h3-8,15-18,22H,1-2H2,(H,14,19)(H,20,21)/t3-,4+,5+,6+,7+,11-/m0/s1. The van der Waals surface area contributed by atoms with Gasteiger partial charge < -0.3 is 40.7 Å². The molecule has 0 aromatic rings. The molecule has 1 saturated heterocycles. The van der Waals surface area contributed by atoms with E-state index in [0.29, 0.717) is 0 Å². The van der Waals surface area contributed by atoms with Crippen LogP contribution in [0.1, 0.15) is 6.42 Å². The molecular formula is C11H17Br2NO9. The van der Waals surface area contributed by atoms with Crippen molar-refractivity contribution in [1.82, 2.24) is 5.32 Å². The highest BCUT2D eigenvalue weighted by Crippen LogP contribution is 2.30. The van der Waals surface area contributed by atoms with Crippen molar-refractivity contribution in [1.29, 1.82) is 0 Å². The molecule has 1 heterocycles. The molecule has 134 valence electrons. The Morgan fingerprint density at radius 3 is 2.35 bits per heavy atom. The van der Waals surface area contributed by atoms with E-state index in [4.69, 9.17) is 14.9 Å². The zero-order chi connectivity index (χ0) is 17.9. The van der Waals surface area contributed by atoms with Crippen molar-refractivity contribution in [2.24, 2.45) is 0 Å². The molecule has 0 spiro atoms. The lowest BCUT2D eigenvalue weighted by Gasteiger charge is -2.44. The third kappa shape index (κ3) is 4.82. The van der Waals surface area contributed by atoms with Crippen LogP contribution < -0.4 is 5.32 Å². The van der Waals surface area contributed by atoms with Gasteiger partial charge in [0.1, 0.15) is 22.0 Å². The van der Waals surface area contributed by atoms with E-state index >= 15 is 0 Å². The van der Waals surface area contributed by atoms with Gasteiger partial charge in [0.25, 0.3) is 5.79 Å². The SMILES string of the molecule is O=C(N[C@H]1[C@H]([C@H](O)[C@H](O)CO)O[C@](O)(C(=O)O)C[C@@H]1O)C(Br)Br. The molecule has 7 N–H and O–H groups in total. The van der Waals surface area contributed by atoms with Crippen LogP contribution in [0.15, 0.2) is 0 Å². The molecule has 1 aliphatic heterocycles. The van der Waals surface area contributed by atoms with Gasteiger partial charge in [-0.2, -0.15) is 0 Å². The second kappa shape index (κ2) is 8.16. The minimum Gasteiger partial charge on any atom is -0.477 e. The number of rotatable bonds is 6. The molecule has 0 bridgehead atoms. The van der Waals surface area contributed by atoms with Crippen LogP contribution in [0.4, 0.5) is 0 Å². The lowest BCUT2D eigenvalue weighted by atomic mass is 9.88. The molecule has 0 unspecified atom stereocenters. The summed E-state index contributed by atoms with van der Waals surface area (Å²) in [6.07, 6.45) is -7.69. The first kappa shape index (κ1) is 20.7. The molecule has 1 fully saturated rings. The molecule has 1 rings (SSSR count). The summed E-state index contributed by atoms with van der Waals surface area (Å²) in [6.45, 7) is -0.886. The average molecular weight is 467 g/mol. The molecule has 0 aromatic carbocycles. The molecular weight excluding hydrogens is 450 g/mol. The Morgan fingerprint density at radius 1 is 1.35 bits per heavy atom. The van der Waals surface area contributed by atoms with E-state index in [2.05, 4.69) is 37.2 Å². The summed E-state index contributed by atoms with van der Waals surface area (Å²) in [5.74, 6) is -5.30. The summed E-state index contributed by atoms with van der Waals surface area (Å²) in [5, 5.41) is 59.6. The highest BCUT2D eigenvalue weighted by atomic mass is 79.9. The first-order valence-electron chi connectivity index (χ1n) is 6.40. The largest absolute Gasteiger partial charge is 0.477 e. The molecule has 12 heteroatoms. The Labute approximate surface area is 147 Å². The van der Waals surface area contributed by atoms with Crippen LogP contribution in [0.2, 0.25) is 0 Å². The predicted molar refractivity (Wildman–Crippen MR) is 80.8 cm³/mol. The first-order chi connectivity index (χ1) is 10.5. The molecule has 0 aromatic heterocycles. The second-order valence-electron chi connectivity index (χ2n) is 5.02. The summed E-state index contributed by atoms with van der Waals surface area (Å²) in [6, 6.07) is -1.34. The van der Waals surface area contributed by atoms with Gasteiger partial charge >= 0.3 is 5.97 Å². The summed E-state index contributed by atoms with van der Waals surface area (Å²) >= 11 is 5.84. The maximum atomic E-state index is 11.7. The van der Waals surface area contributed by atoms with Crippen LogP contribution >= 0.6 is 31.9 Å². The summed E-state index contributed by atoms with van der Waals surface area (Å²) in [4.78, 5) is 22.8. The minimum absolute atomic E-state index is 0.672. The molecule has 10 nitrogen and oxygen atoms in total. The molecule has 0 radical (unpaired) electrons. The predicted octanol–water partition coefficient (Wildman–Crippen LogP) is -2.78. The fourth-order valence-corrected chi connectivity index (χ4v) is 2.39. The summed E-state index contributed by atoms with van der Waals surface area (Å²) in [5.41, 5.74) is 0. The van der Waals surface area contributed by atoms with E-state index < -0.39 is 64.9 Å². The smallest absolute Gasteiger partial charge is 0.364 e. The lowest BCUT2D eigenvalue weighted by molar-refractivity contribution is -0.295. The van der Waals surface area contributed by atoms with Gasteiger partial charge in [0.2, 0.25) is 5.91 Å². The van der Waals surface area contributed by atoms with Gasteiger partial charge in [-0.3, -0.25) is 4.79 Å². The number of aliphatic hydroxyl groups is 5. The van der Waals surface area contributed by atoms with Gasteiger partial charge in [0.15, 0.2) is 0 Å². The molecule has 23 heavy (non-hydrogen) atoms.